The number of phenolic OH excluding ortho intramolecular Hbond substituents is 3. The lowest BCUT2D eigenvalue weighted by atomic mass is 9.92. The number of methoxy groups -OCH3 is 4. The summed E-state index contributed by atoms with van der Waals surface area (Å²) in [6.07, 6.45) is -4.74. The van der Waals surface area contributed by atoms with Crippen molar-refractivity contribution in [1.29, 1.82) is 0 Å². The minimum atomic E-state index is -1.69. The quantitative estimate of drug-likeness (QED) is 0.184. The van der Waals surface area contributed by atoms with Gasteiger partial charge < -0.3 is 58.3 Å². The second kappa shape index (κ2) is 13.2. The number of carbonyl (C=O) groups is 2. The van der Waals surface area contributed by atoms with Crippen LogP contribution in [0.1, 0.15) is 44.1 Å². The van der Waals surface area contributed by atoms with Crippen LogP contribution in [0.25, 0.3) is 0 Å². The molecule has 2 heterocycles. The number of ether oxygens (including phenoxy) is 8. The standard InChI is InChI=1S/C35H32O14/c1-42-23-9-16(5-7-20(23)37)32-28(15-46-35(41)18-11-26(43-2)34(45-4)27(12-18)44-3)47-22-8-6-17(10-24(22)48-32)33-31(40)30(39)29-21(38)13-19(36)14-25(29)49-33/h5-14,28,31-33,36-38,40H,15H2,1-4H3/t28?,31-,32?,33+/m0/s1. The Balaban J connectivity index is 1.30. The highest BCUT2D eigenvalue weighted by molar-refractivity contribution is 6.05. The van der Waals surface area contributed by atoms with Crippen LogP contribution in [0.5, 0.6) is 57.5 Å². The molecule has 14 heteroatoms. The van der Waals surface area contributed by atoms with Gasteiger partial charge in [-0.05, 0) is 42.0 Å². The first-order valence-electron chi connectivity index (χ1n) is 14.8. The van der Waals surface area contributed by atoms with Crippen molar-refractivity contribution in [2.75, 3.05) is 35.0 Å². The molecule has 14 nitrogen and oxygen atoms in total. The molecule has 0 spiro atoms. The number of hydrogen-bond acceptors (Lipinski definition) is 14. The summed E-state index contributed by atoms with van der Waals surface area (Å²) in [5, 5.41) is 41.2. The van der Waals surface area contributed by atoms with Gasteiger partial charge in [-0.15, -0.1) is 0 Å². The largest absolute Gasteiger partial charge is 0.508 e. The molecule has 0 bridgehead atoms. The van der Waals surface area contributed by atoms with Crippen LogP contribution in [0.4, 0.5) is 0 Å². The summed E-state index contributed by atoms with van der Waals surface area (Å²) in [5.41, 5.74) is 0.710. The Bertz CT molecular complexity index is 1900. The highest BCUT2D eigenvalue weighted by Gasteiger charge is 2.41. The summed E-state index contributed by atoms with van der Waals surface area (Å²) in [6, 6.07) is 14.2. The third kappa shape index (κ3) is 6.09. The molecule has 0 fully saturated rings. The Hall–Kier alpha value is -6.02. The van der Waals surface area contributed by atoms with E-state index in [-0.39, 0.29) is 63.7 Å². The first kappa shape index (κ1) is 32.9. The van der Waals surface area contributed by atoms with E-state index in [2.05, 4.69) is 0 Å². The minimum Gasteiger partial charge on any atom is -0.508 e. The molecule has 0 saturated carbocycles. The zero-order valence-electron chi connectivity index (χ0n) is 26.7. The summed E-state index contributed by atoms with van der Waals surface area (Å²) >= 11 is 0. The molecule has 2 aliphatic heterocycles. The normalized spacial score (nSPS) is 19.2. The highest BCUT2D eigenvalue weighted by Crippen LogP contribution is 2.46. The zero-order valence-corrected chi connectivity index (χ0v) is 26.7. The van der Waals surface area contributed by atoms with Gasteiger partial charge in [-0.3, -0.25) is 4.79 Å². The lowest BCUT2D eigenvalue weighted by molar-refractivity contribution is -0.0259. The van der Waals surface area contributed by atoms with Gasteiger partial charge in [0.1, 0.15) is 29.4 Å². The number of carbonyl (C=O) groups excluding carboxylic acids is 2. The fraction of sp³-hybridized carbons (Fsp3) is 0.257. The van der Waals surface area contributed by atoms with Gasteiger partial charge in [-0.2, -0.15) is 0 Å². The van der Waals surface area contributed by atoms with E-state index in [1.807, 2.05) is 0 Å². The average Bonchev–Trinajstić information content (AvgIpc) is 3.10. The van der Waals surface area contributed by atoms with Crippen LogP contribution in [0.3, 0.4) is 0 Å². The lowest BCUT2D eigenvalue weighted by Crippen LogP contribution is -2.38. The predicted octanol–water partition coefficient (Wildman–Crippen LogP) is 4.25. The lowest BCUT2D eigenvalue weighted by Gasteiger charge is -2.35. The van der Waals surface area contributed by atoms with E-state index >= 15 is 0 Å². The Labute approximate surface area is 279 Å². The van der Waals surface area contributed by atoms with Crippen molar-refractivity contribution in [3.63, 3.8) is 0 Å². The predicted molar refractivity (Wildman–Crippen MR) is 169 cm³/mol. The summed E-state index contributed by atoms with van der Waals surface area (Å²) in [5.74, 6) is -1.12. The SMILES string of the molecule is COc1cc(C2Oc3cc([C@H]4Oc5cc(O)cc(O)c5C(=O)[C@@H]4O)ccc3OC2COC(=O)c2cc(OC)c(OC)c(OC)c2)ccc1O. The number of Topliss-reactive ketones (excluding diaryl/α,β-unsaturated/α-hetero) is 1. The highest BCUT2D eigenvalue weighted by atomic mass is 16.6. The van der Waals surface area contributed by atoms with E-state index in [0.29, 0.717) is 16.9 Å². The van der Waals surface area contributed by atoms with Crippen molar-refractivity contribution < 1.29 is 67.9 Å². The molecule has 4 aromatic carbocycles. The number of hydrogen-bond donors (Lipinski definition) is 4. The Morgan fingerprint density at radius 2 is 1.35 bits per heavy atom. The number of aliphatic hydroxyl groups excluding tert-OH is 1. The van der Waals surface area contributed by atoms with E-state index in [1.54, 1.807) is 24.3 Å². The van der Waals surface area contributed by atoms with Crippen LogP contribution < -0.4 is 33.2 Å². The maximum absolute atomic E-state index is 13.2. The second-order valence-corrected chi connectivity index (χ2v) is 11.0. The number of rotatable bonds is 9. The van der Waals surface area contributed by atoms with Crippen LogP contribution in [0.15, 0.2) is 60.7 Å². The molecule has 0 aromatic heterocycles. The number of fused-ring (bicyclic) bond motifs is 2. The molecule has 6 rings (SSSR count). The van der Waals surface area contributed by atoms with E-state index in [1.165, 1.54) is 58.8 Å². The number of benzene rings is 4. The van der Waals surface area contributed by atoms with Gasteiger partial charge in [0.15, 0.2) is 58.9 Å². The van der Waals surface area contributed by atoms with Gasteiger partial charge in [0.2, 0.25) is 11.5 Å². The van der Waals surface area contributed by atoms with Crippen molar-refractivity contribution in [3.05, 3.63) is 82.9 Å². The molecule has 0 aliphatic carbocycles. The molecule has 4 atom stereocenters. The molecule has 0 amide bonds. The Kier molecular flexibility index (Phi) is 8.89. The second-order valence-electron chi connectivity index (χ2n) is 11.0. The third-order valence-electron chi connectivity index (χ3n) is 8.10. The molecule has 256 valence electrons. The smallest absolute Gasteiger partial charge is 0.338 e. The van der Waals surface area contributed by atoms with Crippen LogP contribution in [0.2, 0.25) is 0 Å². The molecule has 0 radical (unpaired) electrons. The first-order chi connectivity index (χ1) is 23.6. The number of ketones is 1. The van der Waals surface area contributed by atoms with Crippen LogP contribution in [-0.4, -0.2) is 79.4 Å². The van der Waals surface area contributed by atoms with Crippen molar-refractivity contribution in [2.45, 2.75) is 24.4 Å². The van der Waals surface area contributed by atoms with E-state index in [4.69, 9.17) is 37.9 Å². The molecule has 49 heavy (non-hydrogen) atoms. The third-order valence-corrected chi connectivity index (χ3v) is 8.10. The van der Waals surface area contributed by atoms with Crippen LogP contribution in [0, 0.1) is 0 Å². The summed E-state index contributed by atoms with van der Waals surface area (Å²) in [6.45, 7) is -0.284. The summed E-state index contributed by atoms with van der Waals surface area (Å²) in [7, 11) is 5.68. The van der Waals surface area contributed by atoms with Crippen LogP contribution in [-0.2, 0) is 4.74 Å². The van der Waals surface area contributed by atoms with Gasteiger partial charge in [-0.1, -0.05) is 12.1 Å². The molecule has 0 saturated heterocycles. The maximum atomic E-state index is 13.2. The van der Waals surface area contributed by atoms with Crippen molar-refractivity contribution in [1.82, 2.24) is 0 Å². The maximum Gasteiger partial charge on any atom is 0.338 e. The Morgan fingerprint density at radius 1 is 0.694 bits per heavy atom. The topological polar surface area (TPSA) is 189 Å². The summed E-state index contributed by atoms with van der Waals surface area (Å²) < 4.78 is 45.5. The van der Waals surface area contributed by atoms with Gasteiger partial charge in [-0.25, -0.2) is 4.79 Å². The number of esters is 1. The van der Waals surface area contributed by atoms with Crippen molar-refractivity contribution in [2.24, 2.45) is 0 Å². The summed E-state index contributed by atoms with van der Waals surface area (Å²) in [4.78, 5) is 26.2. The molecule has 4 aromatic rings. The number of aromatic hydroxyl groups is 3. The van der Waals surface area contributed by atoms with E-state index in [0.717, 1.165) is 6.07 Å². The molecule has 2 unspecified atom stereocenters. The Morgan fingerprint density at radius 3 is 2.02 bits per heavy atom. The fourth-order valence-electron chi connectivity index (χ4n) is 5.71. The first-order valence-corrected chi connectivity index (χ1v) is 14.8. The minimum absolute atomic E-state index is 0.101. The van der Waals surface area contributed by atoms with Gasteiger partial charge in [0.05, 0.1) is 34.0 Å². The van der Waals surface area contributed by atoms with Crippen molar-refractivity contribution >= 4 is 11.8 Å². The number of aliphatic hydroxyl groups is 1. The fourth-order valence-corrected chi connectivity index (χ4v) is 5.71. The van der Waals surface area contributed by atoms with Crippen molar-refractivity contribution in [3.8, 4) is 57.5 Å². The average molecular weight is 677 g/mol. The molecule has 4 N–H and O–H groups in total. The van der Waals surface area contributed by atoms with Gasteiger partial charge in [0, 0.05) is 17.7 Å². The zero-order chi connectivity index (χ0) is 35.0. The monoisotopic (exact) mass is 676 g/mol. The molecular formula is C35H32O14. The molecular weight excluding hydrogens is 644 g/mol. The van der Waals surface area contributed by atoms with Gasteiger partial charge in [0.25, 0.3) is 0 Å². The molecule has 2 aliphatic rings. The van der Waals surface area contributed by atoms with E-state index < -0.39 is 41.9 Å². The number of phenols is 3. The van der Waals surface area contributed by atoms with E-state index in [9.17, 15) is 30.0 Å². The van der Waals surface area contributed by atoms with Gasteiger partial charge >= 0.3 is 5.97 Å². The van der Waals surface area contributed by atoms with Crippen LogP contribution >= 0.6 is 0 Å².